The van der Waals surface area contributed by atoms with E-state index < -0.39 is 0 Å². The van der Waals surface area contributed by atoms with Crippen LogP contribution in [0.1, 0.15) is 31.2 Å². The number of benzene rings is 1. The monoisotopic (exact) mass is 345 g/mol. The average molecular weight is 345 g/mol. The van der Waals surface area contributed by atoms with Crippen molar-refractivity contribution >= 4 is 11.8 Å². The second-order valence-electron chi connectivity index (χ2n) is 7.01. The van der Waals surface area contributed by atoms with Gasteiger partial charge in [-0.1, -0.05) is 12.1 Å². The predicted octanol–water partition coefficient (Wildman–Crippen LogP) is 1.14. The number of piperidine rings is 1. The number of aromatic hydroxyl groups is 1. The predicted molar refractivity (Wildman–Crippen MR) is 95.2 cm³/mol. The molecule has 1 unspecified atom stereocenters. The van der Waals surface area contributed by atoms with E-state index in [0.717, 1.165) is 50.8 Å². The topological polar surface area (TPSA) is 72.9 Å². The lowest BCUT2D eigenvalue weighted by Crippen LogP contribution is -2.53. The lowest BCUT2D eigenvalue weighted by atomic mass is 9.95. The number of piperazine rings is 1. The number of aryl methyl sites for hydroxylation is 1. The molecule has 2 aliphatic rings. The van der Waals surface area contributed by atoms with Gasteiger partial charge in [0.15, 0.2) is 0 Å². The van der Waals surface area contributed by atoms with Gasteiger partial charge in [0.25, 0.3) is 0 Å². The first-order valence-corrected chi connectivity index (χ1v) is 9.18. The number of phenols is 1. The highest BCUT2D eigenvalue weighted by atomic mass is 16.3. The van der Waals surface area contributed by atoms with Crippen LogP contribution in [0.3, 0.4) is 0 Å². The number of hydrogen-bond donors (Lipinski definition) is 2. The highest BCUT2D eigenvalue weighted by Crippen LogP contribution is 2.22. The molecule has 0 spiro atoms. The molecule has 0 radical (unpaired) electrons. The van der Waals surface area contributed by atoms with Gasteiger partial charge in [0.05, 0.1) is 13.1 Å². The van der Waals surface area contributed by atoms with Crippen LogP contribution >= 0.6 is 0 Å². The number of hydrogen-bond acceptors (Lipinski definition) is 4. The third-order valence-electron chi connectivity index (χ3n) is 5.10. The van der Waals surface area contributed by atoms with Crippen molar-refractivity contribution in [3.8, 4) is 5.75 Å². The van der Waals surface area contributed by atoms with Gasteiger partial charge < -0.3 is 15.3 Å². The summed E-state index contributed by atoms with van der Waals surface area (Å²) in [7, 11) is 0. The average Bonchev–Trinajstić information content (AvgIpc) is 2.60. The van der Waals surface area contributed by atoms with Crippen molar-refractivity contribution in [3.05, 3.63) is 29.8 Å². The van der Waals surface area contributed by atoms with E-state index in [0.29, 0.717) is 19.6 Å². The third-order valence-corrected chi connectivity index (χ3v) is 5.10. The number of carbonyl (C=O) groups is 2. The highest BCUT2D eigenvalue weighted by Gasteiger charge is 2.28. The molecule has 0 aromatic heterocycles. The summed E-state index contributed by atoms with van der Waals surface area (Å²) in [6.07, 6.45) is 5.01. The number of phenolic OH excluding ortho intramolecular Hbond substituents is 1. The molecule has 0 bridgehead atoms. The van der Waals surface area contributed by atoms with Crippen LogP contribution in [-0.2, 0) is 16.0 Å². The molecule has 1 aromatic rings. The first-order chi connectivity index (χ1) is 12.1. The van der Waals surface area contributed by atoms with Gasteiger partial charge in [0.1, 0.15) is 5.75 Å². The molecule has 2 amide bonds. The Morgan fingerprint density at radius 2 is 2.16 bits per heavy atom. The Morgan fingerprint density at radius 3 is 2.96 bits per heavy atom. The van der Waals surface area contributed by atoms with Crippen LogP contribution in [0.25, 0.3) is 0 Å². The van der Waals surface area contributed by atoms with Gasteiger partial charge in [-0.2, -0.15) is 0 Å². The molecule has 6 heteroatoms. The fraction of sp³-hybridized carbons (Fsp3) is 0.579. The number of rotatable bonds is 5. The minimum absolute atomic E-state index is 0.00173. The van der Waals surface area contributed by atoms with Gasteiger partial charge in [-0.15, -0.1) is 0 Å². The van der Waals surface area contributed by atoms with E-state index >= 15 is 0 Å². The van der Waals surface area contributed by atoms with Gasteiger partial charge >= 0.3 is 0 Å². The number of nitrogens with one attached hydrogen (secondary N) is 1. The van der Waals surface area contributed by atoms with E-state index in [4.69, 9.17) is 0 Å². The van der Waals surface area contributed by atoms with Crippen LogP contribution < -0.4 is 5.32 Å². The quantitative estimate of drug-likeness (QED) is 0.839. The molecule has 2 N–H and O–H groups in total. The summed E-state index contributed by atoms with van der Waals surface area (Å²) >= 11 is 0. The normalized spacial score (nSPS) is 21.8. The van der Waals surface area contributed by atoms with Gasteiger partial charge in [0.2, 0.25) is 11.8 Å². The van der Waals surface area contributed by atoms with E-state index in [1.54, 1.807) is 12.1 Å². The molecule has 2 saturated heterocycles. The molecular weight excluding hydrogens is 318 g/mol. The number of nitrogens with zero attached hydrogens (tertiary/aromatic N) is 2. The summed E-state index contributed by atoms with van der Waals surface area (Å²) < 4.78 is 0. The first kappa shape index (κ1) is 17.7. The lowest BCUT2D eigenvalue weighted by Gasteiger charge is -2.37. The molecule has 3 rings (SSSR count). The van der Waals surface area contributed by atoms with E-state index in [1.807, 2.05) is 21.9 Å². The van der Waals surface area contributed by atoms with Gasteiger partial charge in [-0.05, 0) is 49.8 Å². The summed E-state index contributed by atoms with van der Waals surface area (Å²) in [6, 6.07) is 7.59. The summed E-state index contributed by atoms with van der Waals surface area (Å²) in [5.74, 6) is 0.422. The first-order valence-electron chi connectivity index (χ1n) is 9.18. The zero-order valence-corrected chi connectivity index (χ0v) is 14.6. The summed E-state index contributed by atoms with van der Waals surface area (Å²) in [4.78, 5) is 28.2. The summed E-state index contributed by atoms with van der Waals surface area (Å²) in [6.45, 7) is 2.81. The minimum Gasteiger partial charge on any atom is -0.508 e. The second-order valence-corrected chi connectivity index (χ2v) is 7.01. The van der Waals surface area contributed by atoms with E-state index in [9.17, 15) is 14.7 Å². The fourth-order valence-corrected chi connectivity index (χ4v) is 3.78. The van der Waals surface area contributed by atoms with Crippen molar-refractivity contribution in [3.63, 3.8) is 0 Å². The molecular formula is C19H27N3O3. The zero-order chi connectivity index (χ0) is 17.6. The van der Waals surface area contributed by atoms with Gasteiger partial charge in [-0.25, -0.2) is 0 Å². The molecule has 1 atom stereocenters. The number of carbonyl (C=O) groups excluding carboxylic acids is 2. The van der Waals surface area contributed by atoms with E-state index in [1.165, 1.54) is 0 Å². The Balaban J connectivity index is 1.56. The Kier molecular flexibility index (Phi) is 5.91. The second kappa shape index (κ2) is 8.34. The van der Waals surface area contributed by atoms with Crippen LogP contribution in [0.2, 0.25) is 0 Å². The molecule has 25 heavy (non-hydrogen) atoms. The molecule has 2 fully saturated rings. The Bertz CT molecular complexity index is 620. The third kappa shape index (κ3) is 4.95. The van der Waals surface area contributed by atoms with Crippen LogP contribution in [0.5, 0.6) is 5.75 Å². The van der Waals surface area contributed by atoms with Crippen molar-refractivity contribution in [2.75, 3.05) is 32.7 Å². The summed E-state index contributed by atoms with van der Waals surface area (Å²) in [5, 5.41) is 12.4. The maximum atomic E-state index is 12.8. The number of amides is 2. The Hall–Kier alpha value is -2.08. The minimum atomic E-state index is -0.00173. The van der Waals surface area contributed by atoms with Crippen molar-refractivity contribution in [2.45, 2.75) is 38.1 Å². The molecule has 6 nitrogen and oxygen atoms in total. The maximum absolute atomic E-state index is 12.8. The van der Waals surface area contributed by atoms with Crippen LogP contribution in [-0.4, -0.2) is 65.5 Å². The van der Waals surface area contributed by atoms with Crippen molar-refractivity contribution in [1.29, 1.82) is 0 Å². The number of likely N-dealkylation sites (tertiary alicyclic amines) is 1. The smallest absolute Gasteiger partial charge is 0.237 e. The van der Waals surface area contributed by atoms with Crippen molar-refractivity contribution in [1.82, 2.24) is 15.1 Å². The molecule has 2 aliphatic heterocycles. The van der Waals surface area contributed by atoms with Crippen LogP contribution in [0.4, 0.5) is 0 Å². The van der Waals surface area contributed by atoms with Gasteiger partial charge in [-0.3, -0.25) is 14.5 Å². The molecule has 2 heterocycles. The van der Waals surface area contributed by atoms with Crippen LogP contribution in [0.15, 0.2) is 24.3 Å². The molecule has 136 valence electrons. The zero-order valence-electron chi connectivity index (χ0n) is 14.6. The standard InChI is InChI=1S/C19H27N3O3/c23-17-6-3-4-15(12-17)7-8-16-5-1-2-10-22(16)19(25)14-21-11-9-20-18(24)13-21/h3-4,6,12,16,23H,1-2,5,7-11,13-14H2,(H,20,24). The Morgan fingerprint density at radius 1 is 1.28 bits per heavy atom. The largest absolute Gasteiger partial charge is 0.508 e. The summed E-state index contributed by atoms with van der Waals surface area (Å²) in [5.41, 5.74) is 1.10. The SMILES string of the molecule is O=C1CN(CC(=O)N2CCCCC2CCc2cccc(O)c2)CCN1. The fourth-order valence-electron chi connectivity index (χ4n) is 3.78. The van der Waals surface area contributed by atoms with E-state index in [-0.39, 0.29) is 23.6 Å². The van der Waals surface area contributed by atoms with E-state index in [2.05, 4.69) is 5.32 Å². The maximum Gasteiger partial charge on any atom is 0.237 e. The lowest BCUT2D eigenvalue weighted by molar-refractivity contribution is -0.137. The van der Waals surface area contributed by atoms with Crippen molar-refractivity contribution in [2.24, 2.45) is 0 Å². The molecule has 1 aromatic carbocycles. The van der Waals surface area contributed by atoms with Crippen molar-refractivity contribution < 1.29 is 14.7 Å². The van der Waals surface area contributed by atoms with Crippen LogP contribution in [0, 0.1) is 0 Å². The van der Waals surface area contributed by atoms with Gasteiger partial charge in [0, 0.05) is 25.7 Å². The molecule has 0 aliphatic carbocycles. The molecule has 0 saturated carbocycles. The Labute approximate surface area is 148 Å². The highest BCUT2D eigenvalue weighted by molar-refractivity contribution is 5.82.